The first-order chi connectivity index (χ1) is 6.42. The van der Waals surface area contributed by atoms with E-state index >= 15 is 0 Å². The van der Waals surface area contributed by atoms with Gasteiger partial charge in [0.2, 0.25) is 0 Å². The Bertz CT molecular complexity index is 279. The largest absolute Gasteiger partial charge is 0.316 e. The number of benzene rings is 1. The molecule has 13 heavy (non-hydrogen) atoms. The maximum absolute atomic E-state index is 5.89. The van der Waals surface area contributed by atoms with E-state index in [4.69, 9.17) is 11.6 Å². The summed E-state index contributed by atoms with van der Waals surface area (Å²) >= 11 is 5.89. The first kappa shape index (κ1) is 9.04. The van der Waals surface area contributed by atoms with Gasteiger partial charge in [0.25, 0.3) is 0 Å². The molecule has 1 aromatic carbocycles. The fourth-order valence-corrected chi connectivity index (χ4v) is 2.22. The van der Waals surface area contributed by atoms with E-state index in [0.717, 1.165) is 13.1 Å². The summed E-state index contributed by atoms with van der Waals surface area (Å²) in [4.78, 5) is 0. The highest BCUT2D eigenvalue weighted by molar-refractivity contribution is 6.17. The average Bonchev–Trinajstić information content (AvgIpc) is 2.70. The molecule has 0 amide bonds. The lowest BCUT2D eigenvalue weighted by Crippen LogP contribution is -2.08. The third-order valence-electron chi connectivity index (χ3n) is 2.70. The van der Waals surface area contributed by atoms with Crippen LogP contribution in [0.15, 0.2) is 24.3 Å². The zero-order chi connectivity index (χ0) is 9.10. The summed E-state index contributed by atoms with van der Waals surface area (Å²) in [6.07, 6.45) is 1.24. The molecular weight excluding hydrogens is 182 g/mol. The van der Waals surface area contributed by atoms with Crippen molar-refractivity contribution in [3.05, 3.63) is 35.4 Å². The summed E-state index contributed by atoms with van der Waals surface area (Å²) in [6.45, 7) is 2.25. The smallest absolute Gasteiger partial charge is 0.0476 e. The van der Waals surface area contributed by atoms with Gasteiger partial charge in [-0.2, -0.15) is 0 Å². The second kappa shape index (κ2) is 4.12. The van der Waals surface area contributed by atoms with Crippen LogP contribution in [0.5, 0.6) is 0 Å². The van der Waals surface area contributed by atoms with Gasteiger partial charge in [0.1, 0.15) is 0 Å². The SMILES string of the molecule is ClCc1ccccc1C1CCNC1. The number of halogens is 1. The van der Waals surface area contributed by atoms with E-state index in [-0.39, 0.29) is 0 Å². The van der Waals surface area contributed by atoms with Crippen LogP contribution in [0.25, 0.3) is 0 Å². The lowest BCUT2D eigenvalue weighted by molar-refractivity contribution is 0.756. The molecule has 0 saturated carbocycles. The molecule has 1 fully saturated rings. The van der Waals surface area contributed by atoms with Gasteiger partial charge in [0.05, 0.1) is 0 Å². The van der Waals surface area contributed by atoms with Crippen molar-refractivity contribution in [2.45, 2.75) is 18.2 Å². The highest BCUT2D eigenvalue weighted by Gasteiger charge is 2.18. The fourth-order valence-electron chi connectivity index (χ4n) is 1.97. The van der Waals surface area contributed by atoms with Gasteiger partial charge in [0, 0.05) is 12.4 Å². The van der Waals surface area contributed by atoms with Crippen LogP contribution >= 0.6 is 11.6 Å². The maximum Gasteiger partial charge on any atom is 0.0476 e. The highest BCUT2D eigenvalue weighted by atomic mass is 35.5. The zero-order valence-electron chi connectivity index (χ0n) is 7.59. The van der Waals surface area contributed by atoms with Crippen LogP contribution in [0.1, 0.15) is 23.5 Å². The predicted octanol–water partition coefficient (Wildman–Crippen LogP) is 2.50. The Hall–Kier alpha value is -0.530. The minimum Gasteiger partial charge on any atom is -0.316 e. The molecule has 1 saturated heterocycles. The molecule has 1 aromatic rings. The summed E-state index contributed by atoms with van der Waals surface area (Å²) in [5.74, 6) is 1.31. The Kier molecular flexibility index (Phi) is 2.87. The van der Waals surface area contributed by atoms with Gasteiger partial charge < -0.3 is 5.32 Å². The van der Waals surface area contributed by atoms with Crippen molar-refractivity contribution in [2.75, 3.05) is 13.1 Å². The quantitative estimate of drug-likeness (QED) is 0.716. The molecule has 2 heteroatoms. The van der Waals surface area contributed by atoms with Gasteiger partial charge in [-0.05, 0) is 30.0 Å². The molecule has 0 aliphatic carbocycles. The van der Waals surface area contributed by atoms with Crippen molar-refractivity contribution in [2.24, 2.45) is 0 Å². The Morgan fingerprint density at radius 3 is 2.92 bits per heavy atom. The van der Waals surface area contributed by atoms with Gasteiger partial charge in [-0.25, -0.2) is 0 Å². The van der Waals surface area contributed by atoms with Crippen molar-refractivity contribution in [3.63, 3.8) is 0 Å². The molecule has 0 aromatic heterocycles. The Balaban J connectivity index is 2.26. The van der Waals surface area contributed by atoms with Crippen LogP contribution in [-0.2, 0) is 5.88 Å². The standard InChI is InChI=1S/C11H14ClN/c12-7-9-3-1-2-4-11(9)10-5-6-13-8-10/h1-4,10,13H,5-8H2. The molecule has 70 valence electrons. The van der Waals surface area contributed by atoms with Crippen LogP contribution in [0.4, 0.5) is 0 Å². The first-order valence-electron chi connectivity index (χ1n) is 4.76. The number of hydrogen-bond acceptors (Lipinski definition) is 1. The first-order valence-corrected chi connectivity index (χ1v) is 5.29. The minimum absolute atomic E-state index is 0.632. The summed E-state index contributed by atoms with van der Waals surface area (Å²) < 4.78 is 0. The van der Waals surface area contributed by atoms with E-state index in [9.17, 15) is 0 Å². The molecule has 1 unspecified atom stereocenters. The van der Waals surface area contributed by atoms with Gasteiger partial charge in [-0.15, -0.1) is 11.6 Å². The number of nitrogens with one attached hydrogen (secondary N) is 1. The van der Waals surface area contributed by atoms with Gasteiger partial charge >= 0.3 is 0 Å². The fraction of sp³-hybridized carbons (Fsp3) is 0.455. The van der Waals surface area contributed by atoms with Gasteiger partial charge in [0.15, 0.2) is 0 Å². The molecule has 1 aliphatic rings. The van der Waals surface area contributed by atoms with E-state index in [0.29, 0.717) is 11.8 Å². The predicted molar refractivity (Wildman–Crippen MR) is 56.2 cm³/mol. The van der Waals surface area contributed by atoms with E-state index in [1.54, 1.807) is 0 Å². The third kappa shape index (κ3) is 1.87. The Labute approximate surface area is 84.1 Å². The maximum atomic E-state index is 5.89. The molecule has 1 atom stereocenters. The van der Waals surface area contributed by atoms with E-state index < -0.39 is 0 Å². The second-order valence-electron chi connectivity index (χ2n) is 3.52. The zero-order valence-corrected chi connectivity index (χ0v) is 8.35. The molecule has 1 nitrogen and oxygen atoms in total. The topological polar surface area (TPSA) is 12.0 Å². The second-order valence-corrected chi connectivity index (χ2v) is 3.79. The van der Waals surface area contributed by atoms with E-state index in [1.807, 2.05) is 0 Å². The average molecular weight is 196 g/mol. The van der Waals surface area contributed by atoms with Crippen LogP contribution in [0.3, 0.4) is 0 Å². The van der Waals surface area contributed by atoms with Crippen LogP contribution in [-0.4, -0.2) is 13.1 Å². The van der Waals surface area contributed by atoms with Crippen LogP contribution in [0.2, 0.25) is 0 Å². The van der Waals surface area contributed by atoms with Crippen molar-refractivity contribution < 1.29 is 0 Å². The summed E-state index contributed by atoms with van der Waals surface area (Å²) in [5, 5.41) is 3.38. The number of rotatable bonds is 2. The molecule has 2 rings (SSSR count). The normalized spacial score (nSPS) is 22.1. The van der Waals surface area contributed by atoms with E-state index in [2.05, 4.69) is 29.6 Å². The molecule has 0 bridgehead atoms. The Morgan fingerprint density at radius 1 is 1.38 bits per heavy atom. The van der Waals surface area contributed by atoms with Gasteiger partial charge in [-0.3, -0.25) is 0 Å². The van der Waals surface area contributed by atoms with Crippen molar-refractivity contribution >= 4 is 11.6 Å². The van der Waals surface area contributed by atoms with Crippen molar-refractivity contribution in [3.8, 4) is 0 Å². The lowest BCUT2D eigenvalue weighted by Gasteiger charge is -2.12. The molecule has 1 N–H and O–H groups in total. The molecule has 0 spiro atoms. The summed E-state index contributed by atoms with van der Waals surface area (Å²) in [5.41, 5.74) is 2.72. The molecule has 0 radical (unpaired) electrons. The van der Waals surface area contributed by atoms with Gasteiger partial charge in [-0.1, -0.05) is 24.3 Å². The van der Waals surface area contributed by atoms with Crippen LogP contribution in [0, 0.1) is 0 Å². The van der Waals surface area contributed by atoms with Crippen molar-refractivity contribution in [1.82, 2.24) is 5.32 Å². The third-order valence-corrected chi connectivity index (χ3v) is 2.99. The molecule has 1 aliphatic heterocycles. The van der Waals surface area contributed by atoms with E-state index in [1.165, 1.54) is 17.5 Å². The number of alkyl halides is 1. The molecule has 1 heterocycles. The number of hydrogen-bond donors (Lipinski definition) is 1. The summed E-state index contributed by atoms with van der Waals surface area (Å²) in [7, 11) is 0. The summed E-state index contributed by atoms with van der Waals surface area (Å²) in [6, 6.07) is 8.49. The van der Waals surface area contributed by atoms with Crippen LogP contribution < -0.4 is 5.32 Å². The Morgan fingerprint density at radius 2 is 2.23 bits per heavy atom. The lowest BCUT2D eigenvalue weighted by atomic mass is 9.94. The molecular formula is C11H14ClN. The highest BCUT2D eigenvalue weighted by Crippen LogP contribution is 2.26. The minimum atomic E-state index is 0.632. The monoisotopic (exact) mass is 195 g/mol. The van der Waals surface area contributed by atoms with Crippen molar-refractivity contribution in [1.29, 1.82) is 0 Å².